The normalized spacial score (nSPS) is 11.1. The summed E-state index contributed by atoms with van der Waals surface area (Å²) in [5.74, 6) is -1.26. The molecule has 0 aliphatic rings. The first kappa shape index (κ1) is 14.9. The Morgan fingerprint density at radius 3 is 2.48 bits per heavy atom. The van der Waals surface area contributed by atoms with Gasteiger partial charge in [0.25, 0.3) is 5.91 Å². The Morgan fingerprint density at radius 1 is 1.14 bits per heavy atom. The van der Waals surface area contributed by atoms with Crippen LogP contribution in [0, 0.1) is 5.82 Å². The SMILES string of the molecule is Nc1cc(F)cc(C(=O)Nc2cccc(S(N)(=O)=O)c2)c1. The van der Waals surface area contributed by atoms with Gasteiger partial charge in [-0.25, -0.2) is 17.9 Å². The minimum Gasteiger partial charge on any atom is -0.399 e. The summed E-state index contributed by atoms with van der Waals surface area (Å²) in [7, 11) is -3.87. The van der Waals surface area contributed by atoms with Crippen molar-refractivity contribution in [1.29, 1.82) is 0 Å². The molecule has 2 aromatic carbocycles. The van der Waals surface area contributed by atoms with E-state index in [4.69, 9.17) is 10.9 Å². The quantitative estimate of drug-likeness (QED) is 0.741. The zero-order valence-corrected chi connectivity index (χ0v) is 11.5. The van der Waals surface area contributed by atoms with Crippen LogP contribution >= 0.6 is 0 Å². The zero-order chi connectivity index (χ0) is 15.6. The van der Waals surface area contributed by atoms with Gasteiger partial charge in [0.05, 0.1) is 4.90 Å². The van der Waals surface area contributed by atoms with Crippen molar-refractivity contribution in [3.8, 4) is 0 Å². The van der Waals surface area contributed by atoms with Crippen LogP contribution in [0.15, 0.2) is 47.4 Å². The maximum Gasteiger partial charge on any atom is 0.255 e. The fraction of sp³-hybridized carbons (Fsp3) is 0. The highest BCUT2D eigenvalue weighted by molar-refractivity contribution is 7.89. The third-order valence-electron chi connectivity index (χ3n) is 2.60. The van der Waals surface area contributed by atoms with E-state index < -0.39 is 21.7 Å². The lowest BCUT2D eigenvalue weighted by molar-refractivity contribution is 0.102. The van der Waals surface area contributed by atoms with E-state index in [2.05, 4.69) is 5.32 Å². The van der Waals surface area contributed by atoms with Crippen molar-refractivity contribution in [2.45, 2.75) is 4.90 Å². The average Bonchev–Trinajstić information content (AvgIpc) is 2.37. The van der Waals surface area contributed by atoms with Gasteiger partial charge in [-0.15, -0.1) is 0 Å². The summed E-state index contributed by atoms with van der Waals surface area (Å²) >= 11 is 0. The van der Waals surface area contributed by atoms with Crippen LogP contribution < -0.4 is 16.2 Å². The number of carbonyl (C=O) groups excluding carboxylic acids is 1. The Balaban J connectivity index is 2.28. The van der Waals surface area contributed by atoms with E-state index in [1.807, 2.05) is 0 Å². The number of carbonyl (C=O) groups is 1. The Morgan fingerprint density at radius 2 is 1.86 bits per heavy atom. The van der Waals surface area contributed by atoms with E-state index in [0.29, 0.717) is 0 Å². The fourth-order valence-corrected chi connectivity index (χ4v) is 2.26. The molecule has 0 saturated heterocycles. The standard InChI is InChI=1S/C13H12FN3O3S/c14-9-4-8(5-10(15)6-9)13(18)17-11-2-1-3-12(7-11)21(16,19)20/h1-7H,15H2,(H,17,18)(H2,16,19,20). The summed E-state index contributed by atoms with van der Waals surface area (Å²) in [5.41, 5.74) is 5.80. The predicted octanol–water partition coefficient (Wildman–Crippen LogP) is 1.31. The molecule has 0 spiro atoms. The van der Waals surface area contributed by atoms with Crippen LogP contribution in [-0.4, -0.2) is 14.3 Å². The first-order chi connectivity index (χ1) is 9.75. The largest absolute Gasteiger partial charge is 0.399 e. The molecule has 0 saturated carbocycles. The maximum atomic E-state index is 13.2. The molecule has 8 heteroatoms. The van der Waals surface area contributed by atoms with E-state index in [0.717, 1.165) is 12.1 Å². The Kier molecular flexibility index (Phi) is 3.92. The predicted molar refractivity (Wildman–Crippen MR) is 76.6 cm³/mol. The lowest BCUT2D eigenvalue weighted by Gasteiger charge is -2.07. The van der Waals surface area contributed by atoms with E-state index in [9.17, 15) is 17.6 Å². The molecule has 0 aliphatic carbocycles. The molecule has 0 unspecified atom stereocenters. The van der Waals surface area contributed by atoms with Gasteiger partial charge in [0, 0.05) is 16.9 Å². The Hall–Kier alpha value is -2.45. The Labute approximate surface area is 120 Å². The number of nitrogen functional groups attached to an aromatic ring is 1. The minimum atomic E-state index is -3.87. The van der Waals surface area contributed by atoms with Crippen molar-refractivity contribution < 1.29 is 17.6 Å². The third kappa shape index (κ3) is 3.77. The monoisotopic (exact) mass is 309 g/mol. The number of halogens is 1. The number of nitrogens with one attached hydrogen (secondary N) is 1. The number of benzene rings is 2. The first-order valence-corrected chi connectivity index (χ1v) is 7.30. The van der Waals surface area contributed by atoms with E-state index in [1.54, 1.807) is 0 Å². The topological polar surface area (TPSA) is 115 Å². The van der Waals surface area contributed by atoms with Crippen molar-refractivity contribution in [3.05, 3.63) is 53.8 Å². The molecule has 0 fully saturated rings. The highest BCUT2D eigenvalue weighted by atomic mass is 32.2. The molecule has 1 amide bonds. The van der Waals surface area contributed by atoms with Crippen molar-refractivity contribution in [2.24, 2.45) is 5.14 Å². The highest BCUT2D eigenvalue weighted by Gasteiger charge is 2.11. The number of sulfonamides is 1. The number of hydrogen-bond donors (Lipinski definition) is 3. The van der Waals surface area contributed by atoms with Crippen LogP contribution in [0.3, 0.4) is 0 Å². The smallest absolute Gasteiger partial charge is 0.255 e. The molecule has 0 heterocycles. The van der Waals surface area contributed by atoms with Crippen molar-refractivity contribution >= 4 is 27.3 Å². The van der Waals surface area contributed by atoms with Gasteiger partial charge in [0.15, 0.2) is 0 Å². The number of amides is 1. The van der Waals surface area contributed by atoms with Crippen LogP contribution in [0.2, 0.25) is 0 Å². The van der Waals surface area contributed by atoms with Gasteiger partial charge in [-0.3, -0.25) is 4.79 Å². The molecular weight excluding hydrogens is 297 g/mol. The molecule has 6 nitrogen and oxygen atoms in total. The van der Waals surface area contributed by atoms with Gasteiger partial charge in [-0.2, -0.15) is 0 Å². The van der Waals surface area contributed by atoms with Crippen LogP contribution in [0.25, 0.3) is 0 Å². The summed E-state index contributed by atoms with van der Waals surface area (Å²) < 4.78 is 35.6. The minimum absolute atomic E-state index is 0.0218. The lowest BCUT2D eigenvalue weighted by Crippen LogP contribution is -2.15. The average molecular weight is 309 g/mol. The lowest BCUT2D eigenvalue weighted by atomic mass is 10.2. The number of hydrogen-bond acceptors (Lipinski definition) is 4. The number of primary sulfonamides is 1. The fourth-order valence-electron chi connectivity index (χ4n) is 1.70. The van der Waals surface area contributed by atoms with Gasteiger partial charge >= 0.3 is 0 Å². The number of anilines is 2. The summed E-state index contributed by atoms with van der Waals surface area (Å²) in [6, 6.07) is 8.82. The zero-order valence-electron chi connectivity index (χ0n) is 10.7. The summed E-state index contributed by atoms with van der Waals surface area (Å²) in [6.45, 7) is 0. The van der Waals surface area contributed by atoms with Crippen LogP contribution in [0.4, 0.5) is 15.8 Å². The molecule has 0 bridgehead atoms. The summed E-state index contributed by atoms with van der Waals surface area (Å²) in [4.78, 5) is 11.8. The summed E-state index contributed by atoms with van der Waals surface area (Å²) in [5, 5.41) is 7.44. The number of rotatable bonds is 3. The molecule has 5 N–H and O–H groups in total. The van der Waals surface area contributed by atoms with Gasteiger partial charge in [-0.05, 0) is 36.4 Å². The molecule has 0 aromatic heterocycles. The van der Waals surface area contributed by atoms with Crippen molar-refractivity contribution in [3.63, 3.8) is 0 Å². The van der Waals surface area contributed by atoms with Gasteiger partial charge in [-0.1, -0.05) is 6.07 Å². The van der Waals surface area contributed by atoms with E-state index in [1.165, 1.54) is 30.3 Å². The molecule has 0 radical (unpaired) electrons. The van der Waals surface area contributed by atoms with Crippen LogP contribution in [-0.2, 0) is 10.0 Å². The first-order valence-electron chi connectivity index (χ1n) is 5.76. The van der Waals surface area contributed by atoms with Crippen molar-refractivity contribution in [2.75, 3.05) is 11.1 Å². The maximum absolute atomic E-state index is 13.2. The van der Waals surface area contributed by atoms with Gasteiger partial charge in [0.2, 0.25) is 10.0 Å². The molecule has 0 aliphatic heterocycles. The van der Waals surface area contributed by atoms with E-state index in [-0.39, 0.29) is 21.8 Å². The third-order valence-corrected chi connectivity index (χ3v) is 3.51. The molecule has 21 heavy (non-hydrogen) atoms. The van der Waals surface area contributed by atoms with Crippen LogP contribution in [0.1, 0.15) is 10.4 Å². The van der Waals surface area contributed by atoms with E-state index >= 15 is 0 Å². The van der Waals surface area contributed by atoms with Gasteiger partial charge in [0.1, 0.15) is 5.82 Å². The summed E-state index contributed by atoms with van der Waals surface area (Å²) in [6.07, 6.45) is 0. The second-order valence-corrected chi connectivity index (χ2v) is 5.86. The second kappa shape index (κ2) is 5.51. The second-order valence-electron chi connectivity index (χ2n) is 4.30. The Bertz CT molecular complexity index is 786. The number of nitrogens with two attached hydrogens (primary N) is 2. The molecule has 2 rings (SSSR count). The van der Waals surface area contributed by atoms with Crippen molar-refractivity contribution in [1.82, 2.24) is 0 Å². The molecule has 110 valence electrons. The van der Waals surface area contributed by atoms with Crippen LogP contribution in [0.5, 0.6) is 0 Å². The molecule has 2 aromatic rings. The van der Waals surface area contributed by atoms with Gasteiger partial charge < -0.3 is 11.1 Å². The molecule has 0 atom stereocenters. The molecular formula is C13H12FN3O3S. The highest BCUT2D eigenvalue weighted by Crippen LogP contribution is 2.16.